The van der Waals surface area contributed by atoms with E-state index in [4.69, 9.17) is 15.0 Å². The van der Waals surface area contributed by atoms with Gasteiger partial charge in [-0.3, -0.25) is 0 Å². The molecule has 3 aliphatic carbocycles. The molecule has 0 radical (unpaired) electrons. The van der Waals surface area contributed by atoms with Crippen LogP contribution in [0.4, 0.5) is 0 Å². The average molecular weight is 451 g/mol. The third kappa shape index (κ3) is 3.49. The van der Waals surface area contributed by atoms with Crippen LogP contribution in [0.5, 0.6) is 0 Å². The molecule has 0 spiro atoms. The van der Waals surface area contributed by atoms with E-state index < -0.39 is 0 Å². The Hall–Kier alpha value is -1.11. The Morgan fingerprint density at radius 2 is 0.727 bits per heavy atom. The Kier molecular flexibility index (Phi) is 5.11. The van der Waals surface area contributed by atoms with Crippen LogP contribution in [0.25, 0.3) is 0 Å². The minimum absolute atomic E-state index is 0.109. The molecule has 33 heavy (non-hydrogen) atoms. The average Bonchev–Trinajstić information content (AvgIpc) is 3.49. The van der Waals surface area contributed by atoms with Gasteiger partial charge in [-0.15, -0.1) is 0 Å². The quantitative estimate of drug-likeness (QED) is 0.657. The van der Waals surface area contributed by atoms with Crippen molar-refractivity contribution >= 4 is 0 Å². The lowest BCUT2D eigenvalue weighted by atomic mass is 9.69. The van der Waals surface area contributed by atoms with Gasteiger partial charge in [0.15, 0.2) is 0 Å². The van der Waals surface area contributed by atoms with Crippen LogP contribution < -0.4 is 16.0 Å². The monoisotopic (exact) mass is 450 g/mol. The molecule has 6 aliphatic heterocycles. The summed E-state index contributed by atoms with van der Waals surface area (Å²) in [6.45, 7) is 6.68. The molecule has 1 aromatic rings. The molecular formula is C27H42N6. The van der Waals surface area contributed by atoms with E-state index in [0.717, 1.165) is 54.9 Å². The maximum atomic E-state index is 5.47. The van der Waals surface area contributed by atoms with E-state index in [9.17, 15) is 0 Å². The van der Waals surface area contributed by atoms with E-state index in [1.165, 1.54) is 96.7 Å². The summed E-state index contributed by atoms with van der Waals surface area (Å²) < 4.78 is 0. The van der Waals surface area contributed by atoms with E-state index in [0.29, 0.717) is 0 Å². The van der Waals surface area contributed by atoms with Gasteiger partial charge >= 0.3 is 0 Å². The van der Waals surface area contributed by atoms with Crippen LogP contribution in [-0.4, -0.2) is 54.2 Å². The molecule has 0 aromatic carbocycles. The van der Waals surface area contributed by atoms with Crippen molar-refractivity contribution in [2.45, 2.75) is 93.3 Å². The molecule has 3 saturated carbocycles. The Morgan fingerprint density at radius 3 is 1.00 bits per heavy atom. The van der Waals surface area contributed by atoms with Gasteiger partial charge < -0.3 is 16.0 Å². The van der Waals surface area contributed by atoms with Crippen LogP contribution in [-0.2, 0) is 16.2 Å². The number of nitrogens with zero attached hydrogens (tertiary/aromatic N) is 3. The van der Waals surface area contributed by atoms with Crippen LogP contribution in [0.1, 0.15) is 94.5 Å². The van der Waals surface area contributed by atoms with Crippen molar-refractivity contribution in [3.8, 4) is 0 Å². The van der Waals surface area contributed by atoms with Crippen molar-refractivity contribution in [1.29, 1.82) is 0 Å². The first-order chi connectivity index (χ1) is 16.2. The molecule has 7 heterocycles. The van der Waals surface area contributed by atoms with Gasteiger partial charge in [-0.1, -0.05) is 0 Å². The van der Waals surface area contributed by atoms with Gasteiger partial charge in [0.25, 0.3) is 0 Å². The summed E-state index contributed by atoms with van der Waals surface area (Å²) in [5, 5.41) is 11.4. The molecule has 6 nitrogen and oxygen atoms in total. The molecule has 0 unspecified atom stereocenters. The van der Waals surface area contributed by atoms with Crippen LogP contribution in [0, 0.1) is 17.8 Å². The first-order valence-corrected chi connectivity index (χ1v) is 14.1. The first kappa shape index (κ1) is 21.2. The van der Waals surface area contributed by atoms with Crippen LogP contribution in [0.2, 0.25) is 0 Å². The SMILES string of the molecule is C1CC2(c3nc(C45CCC(CC4)CNC5)nc(C45CCC(CC4)CNC5)n3)CCC1CNC2. The minimum Gasteiger partial charge on any atom is -0.315 e. The third-order valence-electron chi connectivity index (χ3n) is 10.9. The standard InChI is InChI=1S/C27H42N6/c1-7-25(8-2-19(1)13-28-16-25)22-31-23(26-9-3-20(4-10-26)14-29-17-26)33-24(32-22)27-11-5-21(6-12-27)15-30-18-27/h19-21,28-30H,1-18H2. The number of hydrogen-bond acceptors (Lipinski definition) is 6. The summed E-state index contributed by atoms with van der Waals surface area (Å²) in [5.41, 5.74) is 0.326. The summed E-state index contributed by atoms with van der Waals surface area (Å²) in [4.78, 5) is 16.4. The molecule has 6 heteroatoms. The van der Waals surface area contributed by atoms with Gasteiger partial charge in [-0.05, 0) is 114 Å². The highest BCUT2D eigenvalue weighted by molar-refractivity contribution is 5.24. The van der Waals surface area contributed by atoms with Crippen LogP contribution in [0.3, 0.4) is 0 Å². The van der Waals surface area contributed by atoms with E-state index in [2.05, 4.69) is 16.0 Å². The van der Waals surface area contributed by atoms with E-state index in [-0.39, 0.29) is 16.2 Å². The van der Waals surface area contributed by atoms with Gasteiger partial charge in [-0.2, -0.15) is 0 Å². The molecule has 6 bridgehead atoms. The Balaban J connectivity index is 1.36. The van der Waals surface area contributed by atoms with E-state index in [1.54, 1.807) is 0 Å². The molecular weight excluding hydrogens is 408 g/mol. The van der Waals surface area contributed by atoms with Crippen LogP contribution >= 0.6 is 0 Å². The largest absolute Gasteiger partial charge is 0.315 e. The number of hydrogen-bond donors (Lipinski definition) is 3. The zero-order chi connectivity index (χ0) is 21.9. The smallest absolute Gasteiger partial charge is 0.140 e. The van der Waals surface area contributed by atoms with Crippen molar-refractivity contribution < 1.29 is 0 Å². The first-order valence-electron chi connectivity index (χ1n) is 14.1. The molecule has 9 aliphatic rings. The number of rotatable bonds is 3. The zero-order valence-corrected chi connectivity index (χ0v) is 20.3. The Morgan fingerprint density at radius 1 is 0.455 bits per heavy atom. The highest BCUT2D eigenvalue weighted by atomic mass is 15.1. The fourth-order valence-corrected chi connectivity index (χ4v) is 8.38. The summed E-state index contributed by atoms with van der Waals surface area (Å²) in [7, 11) is 0. The lowest BCUT2D eigenvalue weighted by Crippen LogP contribution is -2.45. The second-order valence-electron chi connectivity index (χ2n) is 12.9. The Bertz CT molecular complexity index is 732. The molecule has 3 N–H and O–H groups in total. The highest BCUT2D eigenvalue weighted by Gasteiger charge is 2.48. The van der Waals surface area contributed by atoms with E-state index >= 15 is 0 Å². The third-order valence-corrected chi connectivity index (χ3v) is 10.9. The molecule has 0 atom stereocenters. The predicted molar refractivity (Wildman–Crippen MR) is 129 cm³/mol. The van der Waals surface area contributed by atoms with Gasteiger partial charge in [-0.25, -0.2) is 15.0 Å². The number of aromatic nitrogens is 3. The van der Waals surface area contributed by atoms with Gasteiger partial charge in [0.1, 0.15) is 17.5 Å². The normalized spacial score (nSPS) is 44.9. The van der Waals surface area contributed by atoms with Gasteiger partial charge in [0.2, 0.25) is 0 Å². The molecule has 0 amide bonds. The summed E-state index contributed by atoms with van der Waals surface area (Å²) >= 11 is 0. The topological polar surface area (TPSA) is 74.8 Å². The maximum absolute atomic E-state index is 5.47. The predicted octanol–water partition coefficient (Wildman–Crippen LogP) is 2.97. The fourth-order valence-electron chi connectivity index (χ4n) is 8.38. The summed E-state index contributed by atoms with van der Waals surface area (Å²) in [6, 6.07) is 0. The van der Waals surface area contributed by atoms with Crippen molar-refractivity contribution in [2.75, 3.05) is 39.3 Å². The van der Waals surface area contributed by atoms with E-state index in [1.807, 2.05) is 0 Å². The lowest BCUT2D eigenvalue weighted by Gasteiger charge is -2.40. The van der Waals surface area contributed by atoms with Crippen molar-refractivity contribution in [1.82, 2.24) is 30.9 Å². The number of nitrogens with one attached hydrogen (secondary N) is 3. The number of fused-ring (bicyclic) bond motifs is 12. The maximum Gasteiger partial charge on any atom is 0.140 e. The highest BCUT2D eigenvalue weighted by Crippen LogP contribution is 2.47. The zero-order valence-electron chi connectivity index (χ0n) is 20.3. The summed E-state index contributed by atoms with van der Waals surface area (Å²) in [5.74, 6) is 5.99. The van der Waals surface area contributed by atoms with Crippen LogP contribution in [0.15, 0.2) is 0 Å². The molecule has 6 saturated heterocycles. The van der Waals surface area contributed by atoms with Gasteiger partial charge in [0.05, 0.1) is 0 Å². The van der Waals surface area contributed by atoms with Crippen molar-refractivity contribution in [3.05, 3.63) is 17.5 Å². The molecule has 180 valence electrons. The second kappa shape index (κ2) is 7.96. The lowest BCUT2D eigenvalue weighted by molar-refractivity contribution is 0.231. The second-order valence-corrected chi connectivity index (χ2v) is 12.9. The molecule has 1 aromatic heterocycles. The molecule has 9 fully saturated rings. The summed E-state index contributed by atoms with van der Waals surface area (Å²) in [6.07, 6.45) is 15.4. The minimum atomic E-state index is 0.109. The Labute approximate surface area is 198 Å². The van der Waals surface area contributed by atoms with Crippen molar-refractivity contribution in [3.63, 3.8) is 0 Å². The fraction of sp³-hybridized carbons (Fsp3) is 0.889. The molecule has 10 rings (SSSR count). The van der Waals surface area contributed by atoms with Gasteiger partial charge in [0, 0.05) is 35.9 Å². The van der Waals surface area contributed by atoms with Crippen molar-refractivity contribution in [2.24, 2.45) is 17.8 Å².